The Morgan fingerprint density at radius 1 is 1.15 bits per heavy atom. The molecule has 0 radical (unpaired) electrons. The molecule has 0 aromatic heterocycles. The van der Waals surface area contributed by atoms with Crippen molar-refractivity contribution in [2.45, 2.75) is 46.2 Å². The Hall–Kier alpha value is -2.57. The van der Waals surface area contributed by atoms with Crippen molar-refractivity contribution in [3.05, 3.63) is 35.4 Å². The third-order valence-corrected chi connectivity index (χ3v) is 4.13. The van der Waals surface area contributed by atoms with Crippen LogP contribution in [0.2, 0.25) is 0 Å². The SMILES string of the molecule is CCNC(=NCC(=O)NC(C)(C)C)NCC(=O)N1CCc2ccccc2C1. The van der Waals surface area contributed by atoms with E-state index in [2.05, 4.69) is 33.1 Å². The number of fused-ring (bicyclic) bond motifs is 1. The number of hydrogen-bond donors (Lipinski definition) is 3. The molecule has 1 aliphatic rings. The average Bonchev–Trinajstić information content (AvgIpc) is 2.62. The van der Waals surface area contributed by atoms with E-state index in [1.165, 1.54) is 11.1 Å². The second kappa shape index (κ2) is 9.39. The number of carbonyl (C=O) groups is 2. The molecule has 7 heteroatoms. The van der Waals surface area contributed by atoms with Crippen LogP contribution < -0.4 is 16.0 Å². The third-order valence-electron chi connectivity index (χ3n) is 4.13. The summed E-state index contributed by atoms with van der Waals surface area (Å²) >= 11 is 0. The molecule has 0 aliphatic carbocycles. The summed E-state index contributed by atoms with van der Waals surface area (Å²) in [5.74, 6) is 0.334. The van der Waals surface area contributed by atoms with Crippen molar-refractivity contribution in [1.29, 1.82) is 0 Å². The zero-order valence-electron chi connectivity index (χ0n) is 16.8. The van der Waals surface area contributed by atoms with Crippen LogP contribution in [0.5, 0.6) is 0 Å². The summed E-state index contributed by atoms with van der Waals surface area (Å²) in [5, 5.41) is 8.96. The van der Waals surface area contributed by atoms with Gasteiger partial charge in [0.1, 0.15) is 6.54 Å². The van der Waals surface area contributed by atoms with Gasteiger partial charge in [-0.2, -0.15) is 0 Å². The predicted molar refractivity (Wildman–Crippen MR) is 107 cm³/mol. The van der Waals surface area contributed by atoms with Crippen LogP contribution in [0.1, 0.15) is 38.8 Å². The lowest BCUT2D eigenvalue weighted by Crippen LogP contribution is -2.46. The number of aliphatic imine (C=N–C) groups is 1. The number of benzene rings is 1. The molecule has 1 aromatic rings. The standard InChI is InChI=1S/C20H31N5O2/c1-5-21-19(22-12-17(26)24-20(2,3)4)23-13-18(27)25-11-10-15-8-6-7-9-16(15)14-25/h6-9H,5,10-14H2,1-4H3,(H,24,26)(H2,21,22,23). The van der Waals surface area contributed by atoms with Crippen LogP contribution in [0, 0.1) is 0 Å². The molecule has 1 aromatic carbocycles. The van der Waals surface area contributed by atoms with Gasteiger partial charge in [-0.15, -0.1) is 0 Å². The van der Waals surface area contributed by atoms with Gasteiger partial charge in [0.15, 0.2) is 5.96 Å². The number of rotatable bonds is 5. The largest absolute Gasteiger partial charge is 0.357 e. The van der Waals surface area contributed by atoms with Crippen molar-refractivity contribution in [3.63, 3.8) is 0 Å². The van der Waals surface area contributed by atoms with E-state index in [0.717, 1.165) is 13.0 Å². The quantitative estimate of drug-likeness (QED) is 0.532. The van der Waals surface area contributed by atoms with E-state index >= 15 is 0 Å². The highest BCUT2D eigenvalue weighted by molar-refractivity contribution is 5.88. The minimum absolute atomic E-state index is 0.0118. The van der Waals surface area contributed by atoms with Gasteiger partial charge in [0, 0.05) is 25.2 Å². The normalized spacial score (nSPS) is 14.4. The van der Waals surface area contributed by atoms with Crippen LogP contribution in [-0.2, 0) is 22.6 Å². The number of guanidine groups is 1. The molecule has 0 spiro atoms. The Kier molecular flexibility index (Phi) is 7.21. The smallest absolute Gasteiger partial charge is 0.242 e. The second-order valence-electron chi connectivity index (χ2n) is 7.68. The number of hydrogen-bond acceptors (Lipinski definition) is 3. The third kappa shape index (κ3) is 6.92. The molecule has 3 N–H and O–H groups in total. The number of amides is 2. The van der Waals surface area contributed by atoms with Gasteiger partial charge in [-0.1, -0.05) is 24.3 Å². The first-order valence-electron chi connectivity index (χ1n) is 9.46. The van der Waals surface area contributed by atoms with Gasteiger partial charge >= 0.3 is 0 Å². The van der Waals surface area contributed by atoms with Crippen molar-refractivity contribution in [1.82, 2.24) is 20.9 Å². The van der Waals surface area contributed by atoms with Gasteiger partial charge in [-0.25, -0.2) is 4.99 Å². The van der Waals surface area contributed by atoms with Gasteiger partial charge in [-0.05, 0) is 45.2 Å². The van der Waals surface area contributed by atoms with Crippen molar-refractivity contribution in [3.8, 4) is 0 Å². The average molecular weight is 374 g/mol. The second-order valence-corrected chi connectivity index (χ2v) is 7.68. The molecule has 0 bridgehead atoms. The Morgan fingerprint density at radius 3 is 2.52 bits per heavy atom. The topological polar surface area (TPSA) is 85.8 Å². The fourth-order valence-corrected chi connectivity index (χ4v) is 2.93. The molecule has 0 unspecified atom stereocenters. The Bertz CT molecular complexity index is 694. The van der Waals surface area contributed by atoms with Gasteiger partial charge in [0.05, 0.1) is 6.54 Å². The van der Waals surface area contributed by atoms with Crippen LogP contribution in [0.3, 0.4) is 0 Å². The molecule has 0 fully saturated rings. The Labute approximate surface area is 161 Å². The van der Waals surface area contributed by atoms with Gasteiger partial charge in [0.2, 0.25) is 11.8 Å². The number of carbonyl (C=O) groups excluding carboxylic acids is 2. The van der Waals surface area contributed by atoms with Crippen LogP contribution in [0.15, 0.2) is 29.3 Å². The lowest BCUT2D eigenvalue weighted by molar-refractivity contribution is -0.130. The van der Waals surface area contributed by atoms with Crippen LogP contribution in [-0.4, -0.2) is 54.4 Å². The molecule has 0 saturated carbocycles. The minimum Gasteiger partial charge on any atom is -0.357 e. The van der Waals surface area contributed by atoms with E-state index < -0.39 is 0 Å². The molecule has 1 aliphatic heterocycles. The van der Waals surface area contributed by atoms with Crippen LogP contribution in [0.4, 0.5) is 0 Å². The Balaban J connectivity index is 1.87. The van der Waals surface area contributed by atoms with E-state index in [4.69, 9.17) is 0 Å². The van der Waals surface area contributed by atoms with Crippen molar-refractivity contribution >= 4 is 17.8 Å². The van der Waals surface area contributed by atoms with Crippen molar-refractivity contribution in [2.75, 3.05) is 26.2 Å². The maximum atomic E-state index is 12.5. The highest BCUT2D eigenvalue weighted by Crippen LogP contribution is 2.18. The summed E-state index contributed by atoms with van der Waals surface area (Å²) in [5.41, 5.74) is 2.23. The summed E-state index contributed by atoms with van der Waals surface area (Å²) in [6, 6.07) is 8.23. The van der Waals surface area contributed by atoms with Gasteiger partial charge < -0.3 is 20.9 Å². The number of nitrogens with one attached hydrogen (secondary N) is 3. The van der Waals surface area contributed by atoms with E-state index in [9.17, 15) is 9.59 Å². The molecule has 0 atom stereocenters. The molecular weight excluding hydrogens is 342 g/mol. The first-order valence-corrected chi connectivity index (χ1v) is 9.46. The lowest BCUT2D eigenvalue weighted by Gasteiger charge is -2.29. The molecule has 0 saturated heterocycles. The maximum absolute atomic E-state index is 12.5. The molecule has 1 heterocycles. The summed E-state index contributed by atoms with van der Waals surface area (Å²) in [4.78, 5) is 30.6. The Morgan fingerprint density at radius 2 is 1.85 bits per heavy atom. The monoisotopic (exact) mass is 373 g/mol. The van der Waals surface area contributed by atoms with Gasteiger partial charge in [-0.3, -0.25) is 9.59 Å². The molecular formula is C20H31N5O2. The first-order chi connectivity index (χ1) is 12.8. The minimum atomic E-state index is -0.293. The zero-order chi connectivity index (χ0) is 19.9. The van der Waals surface area contributed by atoms with Crippen LogP contribution in [0.25, 0.3) is 0 Å². The summed E-state index contributed by atoms with van der Waals surface area (Å²) in [6.45, 7) is 9.88. The summed E-state index contributed by atoms with van der Waals surface area (Å²) in [6.07, 6.45) is 0.878. The summed E-state index contributed by atoms with van der Waals surface area (Å²) < 4.78 is 0. The molecule has 27 heavy (non-hydrogen) atoms. The zero-order valence-corrected chi connectivity index (χ0v) is 16.8. The first kappa shape index (κ1) is 20.7. The maximum Gasteiger partial charge on any atom is 0.242 e. The molecule has 7 nitrogen and oxygen atoms in total. The van der Waals surface area contributed by atoms with E-state index in [-0.39, 0.29) is 30.4 Å². The lowest BCUT2D eigenvalue weighted by atomic mass is 10.00. The fourth-order valence-electron chi connectivity index (χ4n) is 2.93. The van der Waals surface area contributed by atoms with Crippen LogP contribution >= 0.6 is 0 Å². The van der Waals surface area contributed by atoms with Gasteiger partial charge in [0.25, 0.3) is 0 Å². The highest BCUT2D eigenvalue weighted by atomic mass is 16.2. The molecule has 2 amide bonds. The summed E-state index contributed by atoms with van der Waals surface area (Å²) in [7, 11) is 0. The van der Waals surface area contributed by atoms with E-state index in [1.807, 2.05) is 44.7 Å². The highest BCUT2D eigenvalue weighted by Gasteiger charge is 2.20. The predicted octanol–water partition coefficient (Wildman–Crippen LogP) is 1.04. The van der Waals surface area contributed by atoms with E-state index in [1.54, 1.807) is 0 Å². The molecule has 2 rings (SSSR count). The molecule has 148 valence electrons. The fraction of sp³-hybridized carbons (Fsp3) is 0.550. The van der Waals surface area contributed by atoms with Crippen molar-refractivity contribution in [2.24, 2.45) is 4.99 Å². The number of nitrogens with zero attached hydrogens (tertiary/aromatic N) is 2. The van der Waals surface area contributed by atoms with E-state index in [0.29, 0.717) is 19.0 Å². The van der Waals surface area contributed by atoms with Crippen molar-refractivity contribution < 1.29 is 9.59 Å².